The second-order valence-electron chi connectivity index (χ2n) is 9.64. The molecule has 0 aliphatic carbocycles. The summed E-state index contributed by atoms with van der Waals surface area (Å²) in [6.07, 6.45) is 0. The summed E-state index contributed by atoms with van der Waals surface area (Å²) in [6.45, 7) is 15.7. The molecule has 2 rings (SSSR count). The first-order chi connectivity index (χ1) is 16.9. The molecular weight excluding hydrogens is 460 g/mol. The summed E-state index contributed by atoms with van der Waals surface area (Å²) >= 11 is 0. The molecule has 0 atom stereocenters. The lowest BCUT2D eigenvalue weighted by Gasteiger charge is -2.27. The minimum atomic E-state index is -0.923. The van der Waals surface area contributed by atoms with Crippen molar-refractivity contribution in [1.82, 2.24) is 0 Å². The van der Waals surface area contributed by atoms with Crippen LogP contribution in [0.4, 0.5) is 11.4 Å². The van der Waals surface area contributed by atoms with E-state index in [4.69, 9.17) is 18.9 Å². The molecular formula is C28H40N2O6. The fourth-order valence-electron chi connectivity index (χ4n) is 3.41. The zero-order chi connectivity index (χ0) is 26.9. The van der Waals surface area contributed by atoms with Crippen LogP contribution in [-0.2, 0) is 19.1 Å². The zero-order valence-electron chi connectivity index (χ0n) is 22.7. The van der Waals surface area contributed by atoms with Crippen LogP contribution in [0, 0.1) is 13.8 Å². The van der Waals surface area contributed by atoms with Gasteiger partial charge in [0.2, 0.25) is 0 Å². The second-order valence-corrected chi connectivity index (χ2v) is 9.64. The summed E-state index contributed by atoms with van der Waals surface area (Å²) in [4.78, 5) is 24.6. The van der Waals surface area contributed by atoms with Crippen LogP contribution in [0.3, 0.4) is 0 Å². The molecule has 2 N–H and O–H groups in total. The Morgan fingerprint density at radius 2 is 1.06 bits per heavy atom. The van der Waals surface area contributed by atoms with Gasteiger partial charge in [-0.25, -0.2) is 9.59 Å². The van der Waals surface area contributed by atoms with Crippen molar-refractivity contribution in [3.05, 3.63) is 47.5 Å². The van der Waals surface area contributed by atoms with Crippen LogP contribution in [0.2, 0.25) is 0 Å². The summed E-state index contributed by atoms with van der Waals surface area (Å²) in [5, 5.41) is 6.45. The van der Waals surface area contributed by atoms with Gasteiger partial charge < -0.3 is 29.6 Å². The highest BCUT2D eigenvalue weighted by atomic mass is 16.5. The summed E-state index contributed by atoms with van der Waals surface area (Å²) < 4.78 is 22.4. The smallest absolute Gasteiger partial charge is 0.331 e. The molecule has 0 unspecified atom stereocenters. The van der Waals surface area contributed by atoms with Crippen LogP contribution in [0.15, 0.2) is 36.4 Å². The second kappa shape index (κ2) is 12.5. The van der Waals surface area contributed by atoms with E-state index >= 15 is 0 Å². The lowest BCUT2D eigenvalue weighted by atomic mass is 10.0. The average molecular weight is 501 g/mol. The largest absolute Gasteiger partial charge is 0.488 e. The van der Waals surface area contributed by atoms with Crippen molar-refractivity contribution in [2.24, 2.45) is 0 Å². The van der Waals surface area contributed by atoms with Crippen LogP contribution >= 0.6 is 0 Å². The number of ether oxygens (including phenoxy) is 4. The molecule has 0 fully saturated rings. The third-order valence-electron chi connectivity index (χ3n) is 5.34. The molecule has 0 aliphatic heterocycles. The SMILES string of the molecule is CCOC(=O)C(C)(C)Nc1ccc(C)cc1OCCOc1cc(C)ccc1NC(C)(C)C(=O)OCC. The van der Waals surface area contributed by atoms with Gasteiger partial charge in [0, 0.05) is 0 Å². The van der Waals surface area contributed by atoms with E-state index in [-0.39, 0.29) is 25.2 Å². The first-order valence-corrected chi connectivity index (χ1v) is 12.3. The van der Waals surface area contributed by atoms with E-state index in [2.05, 4.69) is 10.6 Å². The summed E-state index contributed by atoms with van der Waals surface area (Å²) in [6, 6.07) is 11.5. The Morgan fingerprint density at radius 1 is 0.694 bits per heavy atom. The molecule has 0 heterocycles. The highest BCUT2D eigenvalue weighted by molar-refractivity contribution is 5.85. The summed E-state index contributed by atoms with van der Waals surface area (Å²) in [5.74, 6) is 0.541. The first kappa shape index (κ1) is 28.8. The lowest BCUT2D eigenvalue weighted by Crippen LogP contribution is -2.41. The van der Waals surface area contributed by atoms with Gasteiger partial charge in [-0.3, -0.25) is 0 Å². The van der Waals surface area contributed by atoms with Crippen LogP contribution in [0.5, 0.6) is 11.5 Å². The number of nitrogens with one attached hydrogen (secondary N) is 2. The van der Waals surface area contributed by atoms with Crippen LogP contribution in [0.1, 0.15) is 52.7 Å². The molecule has 0 radical (unpaired) electrons. The number of aryl methyl sites for hydroxylation is 2. The molecule has 0 saturated heterocycles. The standard InChI is InChI=1S/C28H40N2O6/c1-9-33-25(31)27(5,6)29-21-13-11-19(3)17-23(21)35-15-16-36-24-18-20(4)12-14-22(24)30-28(7,8)26(32)34-10-2/h11-14,17-18,29-30H,9-10,15-16H2,1-8H3. The van der Waals surface area contributed by atoms with E-state index in [0.717, 1.165) is 11.1 Å². The monoisotopic (exact) mass is 500 g/mol. The number of rotatable bonds is 13. The highest BCUT2D eigenvalue weighted by Gasteiger charge is 2.31. The van der Waals surface area contributed by atoms with Gasteiger partial charge in [0.1, 0.15) is 35.8 Å². The average Bonchev–Trinajstić information content (AvgIpc) is 2.80. The Kier molecular flexibility index (Phi) is 10.0. The molecule has 198 valence electrons. The quantitative estimate of drug-likeness (QED) is 0.284. The zero-order valence-corrected chi connectivity index (χ0v) is 22.7. The number of anilines is 2. The molecule has 0 spiro atoms. The third kappa shape index (κ3) is 8.07. The number of carbonyl (C=O) groups excluding carboxylic acids is 2. The molecule has 0 saturated carbocycles. The highest BCUT2D eigenvalue weighted by Crippen LogP contribution is 2.31. The maximum Gasteiger partial charge on any atom is 0.331 e. The van der Waals surface area contributed by atoms with Gasteiger partial charge in [0.05, 0.1) is 24.6 Å². The van der Waals surface area contributed by atoms with Crippen molar-refractivity contribution in [3.8, 4) is 11.5 Å². The Hall–Kier alpha value is -3.42. The lowest BCUT2D eigenvalue weighted by molar-refractivity contribution is -0.148. The maximum absolute atomic E-state index is 12.3. The van der Waals surface area contributed by atoms with Crippen molar-refractivity contribution >= 4 is 23.3 Å². The fraction of sp³-hybridized carbons (Fsp3) is 0.500. The fourth-order valence-corrected chi connectivity index (χ4v) is 3.41. The van der Waals surface area contributed by atoms with Gasteiger partial charge in [0.25, 0.3) is 0 Å². The Labute approximate surface area is 214 Å². The van der Waals surface area contributed by atoms with E-state index in [1.54, 1.807) is 41.5 Å². The molecule has 0 aliphatic rings. The molecule has 2 aromatic carbocycles. The normalized spacial score (nSPS) is 11.4. The molecule has 8 heteroatoms. The number of hydrogen-bond acceptors (Lipinski definition) is 8. The van der Waals surface area contributed by atoms with E-state index in [1.807, 2.05) is 50.2 Å². The number of hydrogen-bond donors (Lipinski definition) is 2. The van der Waals surface area contributed by atoms with Gasteiger partial charge in [-0.15, -0.1) is 0 Å². The maximum atomic E-state index is 12.3. The van der Waals surface area contributed by atoms with Gasteiger partial charge in [-0.05, 0) is 90.8 Å². The molecule has 36 heavy (non-hydrogen) atoms. The van der Waals surface area contributed by atoms with Crippen molar-refractivity contribution < 1.29 is 28.5 Å². The molecule has 0 bridgehead atoms. The van der Waals surface area contributed by atoms with Crippen molar-refractivity contribution in [2.45, 2.75) is 66.5 Å². The van der Waals surface area contributed by atoms with Crippen molar-refractivity contribution in [1.29, 1.82) is 0 Å². The van der Waals surface area contributed by atoms with Crippen LogP contribution in [0.25, 0.3) is 0 Å². The topological polar surface area (TPSA) is 95.1 Å². The van der Waals surface area contributed by atoms with Crippen molar-refractivity contribution in [2.75, 3.05) is 37.1 Å². The number of esters is 2. The minimum Gasteiger partial charge on any atom is -0.488 e. The molecule has 2 aromatic rings. The van der Waals surface area contributed by atoms with E-state index in [9.17, 15) is 9.59 Å². The van der Waals surface area contributed by atoms with Gasteiger partial charge in [-0.2, -0.15) is 0 Å². The van der Waals surface area contributed by atoms with Crippen LogP contribution < -0.4 is 20.1 Å². The van der Waals surface area contributed by atoms with Gasteiger partial charge >= 0.3 is 11.9 Å². The van der Waals surface area contributed by atoms with E-state index in [1.165, 1.54) is 0 Å². The summed E-state index contributed by atoms with van der Waals surface area (Å²) in [7, 11) is 0. The molecule has 0 amide bonds. The number of carbonyl (C=O) groups is 2. The molecule has 0 aromatic heterocycles. The minimum absolute atomic E-state index is 0.270. The Bertz CT molecular complexity index is 965. The van der Waals surface area contributed by atoms with E-state index in [0.29, 0.717) is 36.1 Å². The first-order valence-electron chi connectivity index (χ1n) is 12.3. The summed E-state index contributed by atoms with van der Waals surface area (Å²) in [5.41, 5.74) is 1.58. The predicted octanol–water partition coefficient (Wildman–Crippen LogP) is 5.27. The predicted molar refractivity (Wildman–Crippen MR) is 142 cm³/mol. The Morgan fingerprint density at radius 3 is 1.39 bits per heavy atom. The van der Waals surface area contributed by atoms with Crippen molar-refractivity contribution in [3.63, 3.8) is 0 Å². The van der Waals surface area contributed by atoms with E-state index < -0.39 is 11.1 Å². The third-order valence-corrected chi connectivity index (χ3v) is 5.34. The van der Waals surface area contributed by atoms with Gasteiger partial charge in [0.15, 0.2) is 0 Å². The van der Waals surface area contributed by atoms with Gasteiger partial charge in [-0.1, -0.05) is 12.1 Å². The van der Waals surface area contributed by atoms with Crippen LogP contribution in [-0.4, -0.2) is 49.4 Å². The molecule has 8 nitrogen and oxygen atoms in total. The Balaban J connectivity index is 2.08. The number of benzene rings is 2.